The Morgan fingerprint density at radius 1 is 1.11 bits per heavy atom. The van der Waals surface area contributed by atoms with Gasteiger partial charge in [0.25, 0.3) is 5.91 Å². The Kier molecular flexibility index (Phi) is 7.03. The van der Waals surface area contributed by atoms with Crippen LogP contribution in [0.4, 0.5) is 10.1 Å². The zero-order valence-electron chi connectivity index (χ0n) is 14.6. The number of hydrogen-bond acceptors (Lipinski definition) is 5. The molecule has 2 rings (SSSR count). The molecule has 144 valence electrons. The van der Waals surface area contributed by atoms with Crippen LogP contribution in [0.3, 0.4) is 0 Å². The summed E-state index contributed by atoms with van der Waals surface area (Å²) < 4.78 is 43.7. The number of rotatable bonds is 8. The predicted molar refractivity (Wildman–Crippen MR) is 97.0 cm³/mol. The van der Waals surface area contributed by atoms with Gasteiger partial charge in [-0.3, -0.25) is 9.59 Å². The van der Waals surface area contributed by atoms with Gasteiger partial charge in [-0.2, -0.15) is 4.72 Å². The molecular formula is C18H19FN2O5S. The summed E-state index contributed by atoms with van der Waals surface area (Å²) in [7, 11) is -4.06. The molecule has 0 radical (unpaired) electrons. The number of sulfonamides is 1. The van der Waals surface area contributed by atoms with Gasteiger partial charge in [0.2, 0.25) is 10.0 Å². The van der Waals surface area contributed by atoms with Crippen LogP contribution in [0, 0.1) is 5.82 Å². The van der Waals surface area contributed by atoms with Crippen LogP contribution in [0.25, 0.3) is 0 Å². The van der Waals surface area contributed by atoms with Crippen molar-refractivity contribution in [3.05, 3.63) is 59.9 Å². The highest BCUT2D eigenvalue weighted by Crippen LogP contribution is 2.11. The number of hydrogen-bond donors (Lipinski definition) is 2. The van der Waals surface area contributed by atoms with Crippen LogP contribution in [0.15, 0.2) is 53.4 Å². The quantitative estimate of drug-likeness (QED) is 0.666. The highest BCUT2D eigenvalue weighted by atomic mass is 32.2. The van der Waals surface area contributed by atoms with E-state index in [1.165, 1.54) is 12.1 Å². The number of benzene rings is 2. The van der Waals surface area contributed by atoms with Crippen LogP contribution in [-0.4, -0.2) is 33.4 Å². The van der Waals surface area contributed by atoms with Crippen molar-refractivity contribution in [1.82, 2.24) is 4.72 Å². The Labute approximate surface area is 156 Å². The Morgan fingerprint density at radius 3 is 2.44 bits per heavy atom. The van der Waals surface area contributed by atoms with Gasteiger partial charge in [-0.05, 0) is 42.3 Å². The average Bonchev–Trinajstić information content (AvgIpc) is 2.65. The van der Waals surface area contributed by atoms with Crippen molar-refractivity contribution in [2.45, 2.75) is 18.2 Å². The number of aryl methyl sites for hydroxylation is 1. The number of carbonyl (C=O) groups excluding carboxylic acids is 2. The number of anilines is 1. The molecular weight excluding hydrogens is 375 g/mol. The van der Waals surface area contributed by atoms with Gasteiger partial charge in [0, 0.05) is 5.69 Å². The molecule has 7 nitrogen and oxygen atoms in total. The number of carbonyl (C=O) groups is 2. The maximum atomic E-state index is 13.1. The first kappa shape index (κ1) is 20.5. The lowest BCUT2D eigenvalue weighted by atomic mass is 10.1. The van der Waals surface area contributed by atoms with Gasteiger partial charge in [-0.1, -0.05) is 25.1 Å². The minimum absolute atomic E-state index is 0.316. The molecule has 2 aromatic carbocycles. The van der Waals surface area contributed by atoms with Crippen molar-refractivity contribution in [2.75, 3.05) is 18.5 Å². The SMILES string of the molecule is CCc1ccc(NC(=O)COC(=O)CNS(=O)(=O)c2cccc(F)c2)cc1. The highest BCUT2D eigenvalue weighted by molar-refractivity contribution is 7.89. The lowest BCUT2D eigenvalue weighted by molar-refractivity contribution is -0.146. The Morgan fingerprint density at radius 2 is 1.81 bits per heavy atom. The van der Waals surface area contributed by atoms with E-state index >= 15 is 0 Å². The van der Waals surface area contributed by atoms with E-state index < -0.39 is 40.9 Å². The average molecular weight is 394 g/mol. The molecule has 0 atom stereocenters. The number of amides is 1. The van der Waals surface area contributed by atoms with E-state index in [-0.39, 0.29) is 4.90 Å². The Hall–Kier alpha value is -2.78. The molecule has 0 aliphatic carbocycles. The summed E-state index contributed by atoms with van der Waals surface area (Å²) in [4.78, 5) is 23.1. The van der Waals surface area contributed by atoms with Crippen LogP contribution in [-0.2, 0) is 30.8 Å². The van der Waals surface area contributed by atoms with E-state index in [9.17, 15) is 22.4 Å². The van der Waals surface area contributed by atoms with Crippen molar-refractivity contribution >= 4 is 27.6 Å². The zero-order valence-corrected chi connectivity index (χ0v) is 15.4. The summed E-state index contributed by atoms with van der Waals surface area (Å²) >= 11 is 0. The van der Waals surface area contributed by atoms with Crippen molar-refractivity contribution < 1.29 is 27.1 Å². The van der Waals surface area contributed by atoms with Gasteiger partial charge < -0.3 is 10.1 Å². The normalized spacial score (nSPS) is 11.0. The molecule has 2 N–H and O–H groups in total. The fourth-order valence-corrected chi connectivity index (χ4v) is 3.09. The first-order valence-electron chi connectivity index (χ1n) is 8.10. The largest absolute Gasteiger partial charge is 0.455 e. The third-order valence-electron chi connectivity index (χ3n) is 3.52. The second-order valence-corrected chi connectivity index (χ2v) is 7.31. The molecule has 0 bridgehead atoms. The number of nitrogens with one attached hydrogen (secondary N) is 2. The van der Waals surface area contributed by atoms with Gasteiger partial charge in [0.1, 0.15) is 12.4 Å². The zero-order chi connectivity index (χ0) is 19.9. The molecule has 0 aromatic heterocycles. The van der Waals surface area contributed by atoms with E-state index in [4.69, 9.17) is 4.74 Å². The summed E-state index contributed by atoms with van der Waals surface area (Å²) in [5, 5.41) is 2.56. The molecule has 0 aliphatic heterocycles. The highest BCUT2D eigenvalue weighted by Gasteiger charge is 2.17. The number of esters is 1. The Balaban J connectivity index is 1.79. The molecule has 0 saturated heterocycles. The molecule has 1 amide bonds. The van der Waals surface area contributed by atoms with E-state index in [0.29, 0.717) is 5.69 Å². The van der Waals surface area contributed by atoms with Crippen LogP contribution < -0.4 is 10.0 Å². The molecule has 0 unspecified atom stereocenters. The molecule has 0 saturated carbocycles. The maximum absolute atomic E-state index is 13.1. The van der Waals surface area contributed by atoms with E-state index in [0.717, 1.165) is 24.1 Å². The second kappa shape index (κ2) is 9.24. The van der Waals surface area contributed by atoms with Crippen LogP contribution >= 0.6 is 0 Å². The topological polar surface area (TPSA) is 102 Å². The fraction of sp³-hybridized carbons (Fsp3) is 0.222. The summed E-state index contributed by atoms with van der Waals surface area (Å²) in [6.07, 6.45) is 0.872. The van der Waals surface area contributed by atoms with Gasteiger partial charge in [0.05, 0.1) is 4.90 Å². The lowest BCUT2D eigenvalue weighted by Gasteiger charge is -2.08. The van der Waals surface area contributed by atoms with Gasteiger partial charge in [-0.25, -0.2) is 12.8 Å². The van der Waals surface area contributed by atoms with Gasteiger partial charge in [0.15, 0.2) is 6.61 Å². The molecule has 0 fully saturated rings. The summed E-state index contributed by atoms with van der Waals surface area (Å²) in [6.45, 7) is 0.767. The summed E-state index contributed by atoms with van der Waals surface area (Å²) in [5.41, 5.74) is 1.67. The molecule has 27 heavy (non-hydrogen) atoms. The van der Waals surface area contributed by atoms with Gasteiger partial charge in [-0.15, -0.1) is 0 Å². The molecule has 0 aliphatic rings. The van der Waals surface area contributed by atoms with Crippen molar-refractivity contribution in [2.24, 2.45) is 0 Å². The van der Waals surface area contributed by atoms with E-state index in [2.05, 4.69) is 5.32 Å². The van der Waals surface area contributed by atoms with Crippen LogP contribution in [0.1, 0.15) is 12.5 Å². The first-order valence-corrected chi connectivity index (χ1v) is 9.58. The summed E-state index contributed by atoms with van der Waals surface area (Å²) in [6, 6.07) is 11.5. The van der Waals surface area contributed by atoms with E-state index in [1.54, 1.807) is 12.1 Å². The third-order valence-corrected chi connectivity index (χ3v) is 4.92. The second-order valence-electron chi connectivity index (χ2n) is 5.54. The van der Waals surface area contributed by atoms with Crippen LogP contribution in [0.5, 0.6) is 0 Å². The number of halogens is 1. The van der Waals surface area contributed by atoms with E-state index in [1.807, 2.05) is 23.8 Å². The molecule has 0 spiro atoms. The summed E-state index contributed by atoms with van der Waals surface area (Å²) in [5.74, 6) is -2.21. The Bertz CT molecular complexity index is 914. The smallest absolute Gasteiger partial charge is 0.321 e. The first-order chi connectivity index (χ1) is 12.8. The fourth-order valence-electron chi connectivity index (χ4n) is 2.09. The monoisotopic (exact) mass is 394 g/mol. The minimum atomic E-state index is -4.06. The molecule has 9 heteroatoms. The van der Waals surface area contributed by atoms with Crippen molar-refractivity contribution in [1.29, 1.82) is 0 Å². The maximum Gasteiger partial charge on any atom is 0.321 e. The molecule has 2 aromatic rings. The van der Waals surface area contributed by atoms with Gasteiger partial charge >= 0.3 is 5.97 Å². The molecule has 0 heterocycles. The predicted octanol–water partition coefficient (Wildman–Crippen LogP) is 1.85. The third kappa shape index (κ3) is 6.46. The lowest BCUT2D eigenvalue weighted by Crippen LogP contribution is -2.32. The minimum Gasteiger partial charge on any atom is -0.455 e. The van der Waals surface area contributed by atoms with Crippen molar-refractivity contribution in [3.63, 3.8) is 0 Å². The van der Waals surface area contributed by atoms with Crippen molar-refractivity contribution in [3.8, 4) is 0 Å². The van der Waals surface area contributed by atoms with Crippen LogP contribution in [0.2, 0.25) is 0 Å². The standard InChI is InChI=1S/C18H19FN2O5S/c1-2-13-6-8-15(9-7-13)21-17(22)12-26-18(23)11-20-27(24,25)16-5-3-4-14(19)10-16/h3-10,20H,2,11-12H2,1H3,(H,21,22). The number of ether oxygens (including phenoxy) is 1.